The molecule has 0 spiro atoms. The number of methoxy groups -OCH3 is 2. The van der Waals surface area contributed by atoms with Gasteiger partial charge in [-0.2, -0.15) is 4.80 Å². The first-order valence-corrected chi connectivity index (χ1v) is 13.3. The number of hydrogen-bond acceptors (Lipinski definition) is 9. The second kappa shape index (κ2) is 12.3. The number of tetrazole rings is 1. The highest BCUT2D eigenvalue weighted by Gasteiger charge is 2.37. The van der Waals surface area contributed by atoms with Gasteiger partial charge in [-0.1, -0.05) is 12.8 Å². The maximum Gasteiger partial charge on any atom is 0.250 e. The first kappa shape index (κ1) is 26.7. The van der Waals surface area contributed by atoms with Gasteiger partial charge >= 0.3 is 0 Å². The summed E-state index contributed by atoms with van der Waals surface area (Å²) in [6, 6.07) is 7.87. The molecule has 1 aliphatic carbocycles. The van der Waals surface area contributed by atoms with E-state index in [0.717, 1.165) is 38.5 Å². The van der Waals surface area contributed by atoms with E-state index in [0.29, 0.717) is 35.3 Å². The van der Waals surface area contributed by atoms with Crippen molar-refractivity contribution in [2.45, 2.75) is 63.3 Å². The molecule has 39 heavy (non-hydrogen) atoms. The van der Waals surface area contributed by atoms with Crippen LogP contribution in [-0.4, -0.2) is 76.4 Å². The summed E-state index contributed by atoms with van der Waals surface area (Å²) in [6.07, 6.45) is 7.07. The van der Waals surface area contributed by atoms with Gasteiger partial charge in [0, 0.05) is 24.8 Å². The van der Waals surface area contributed by atoms with Crippen molar-refractivity contribution >= 4 is 11.8 Å². The molecule has 2 amide bonds. The summed E-state index contributed by atoms with van der Waals surface area (Å²) in [5, 5.41) is 15.8. The molecule has 1 N–H and O–H groups in total. The van der Waals surface area contributed by atoms with Crippen LogP contribution in [0.2, 0.25) is 0 Å². The average Bonchev–Trinajstić information content (AvgIpc) is 3.77. The van der Waals surface area contributed by atoms with E-state index in [1.807, 2.05) is 0 Å². The SMILES string of the molecule is COc1ccc(-c2nnn(CC(=O)N(CC3CCCO3)C(C(=O)NC3CCCC3)c3ccco3)n2)cc1OC. The molecule has 2 unspecified atom stereocenters. The number of nitrogens with one attached hydrogen (secondary N) is 1. The molecular weight excluding hydrogens is 504 g/mol. The summed E-state index contributed by atoms with van der Waals surface area (Å²) < 4.78 is 22.2. The number of furan rings is 1. The molecule has 2 fully saturated rings. The fourth-order valence-corrected chi connectivity index (χ4v) is 5.19. The monoisotopic (exact) mass is 538 g/mol. The molecular formula is C27H34N6O6. The number of benzene rings is 1. The van der Waals surface area contributed by atoms with Gasteiger partial charge in [0.2, 0.25) is 11.7 Å². The molecule has 1 saturated carbocycles. The maximum atomic E-state index is 13.8. The summed E-state index contributed by atoms with van der Waals surface area (Å²) in [7, 11) is 3.11. The van der Waals surface area contributed by atoms with Gasteiger partial charge in [-0.25, -0.2) is 0 Å². The number of ether oxygens (including phenoxy) is 3. The van der Waals surface area contributed by atoms with Crippen molar-refractivity contribution < 1.29 is 28.2 Å². The van der Waals surface area contributed by atoms with Gasteiger partial charge in [-0.3, -0.25) is 9.59 Å². The van der Waals surface area contributed by atoms with Gasteiger partial charge in [-0.15, -0.1) is 10.2 Å². The van der Waals surface area contributed by atoms with Crippen molar-refractivity contribution in [2.24, 2.45) is 0 Å². The summed E-state index contributed by atoms with van der Waals surface area (Å²) in [6.45, 7) is 0.673. The zero-order valence-electron chi connectivity index (χ0n) is 22.2. The van der Waals surface area contributed by atoms with Crippen LogP contribution >= 0.6 is 0 Å². The first-order valence-electron chi connectivity index (χ1n) is 13.3. The van der Waals surface area contributed by atoms with Crippen LogP contribution in [0.1, 0.15) is 50.3 Å². The second-order valence-electron chi connectivity index (χ2n) is 9.80. The third-order valence-corrected chi connectivity index (χ3v) is 7.19. The largest absolute Gasteiger partial charge is 0.493 e. The molecule has 12 heteroatoms. The smallest absolute Gasteiger partial charge is 0.250 e. The van der Waals surface area contributed by atoms with E-state index in [2.05, 4.69) is 20.7 Å². The van der Waals surface area contributed by atoms with Gasteiger partial charge in [0.1, 0.15) is 12.3 Å². The highest BCUT2D eigenvalue weighted by molar-refractivity contribution is 5.88. The number of carbonyl (C=O) groups is 2. The summed E-state index contributed by atoms with van der Waals surface area (Å²) >= 11 is 0. The van der Waals surface area contributed by atoms with Crippen LogP contribution in [0.25, 0.3) is 11.4 Å². The summed E-state index contributed by atoms with van der Waals surface area (Å²) in [5.41, 5.74) is 0.659. The van der Waals surface area contributed by atoms with Crippen LogP contribution in [0, 0.1) is 0 Å². The summed E-state index contributed by atoms with van der Waals surface area (Å²) in [5.74, 6) is 1.23. The fourth-order valence-electron chi connectivity index (χ4n) is 5.19. The Labute approximate surface area is 226 Å². The van der Waals surface area contributed by atoms with Crippen molar-refractivity contribution in [1.29, 1.82) is 0 Å². The third-order valence-electron chi connectivity index (χ3n) is 7.19. The molecule has 0 radical (unpaired) electrons. The van der Waals surface area contributed by atoms with Crippen LogP contribution in [0.15, 0.2) is 41.0 Å². The van der Waals surface area contributed by atoms with Crippen LogP contribution in [-0.2, 0) is 20.9 Å². The standard InChI is InChI=1S/C27H34N6O6/c1-36-21-12-11-18(15-23(21)37-2)26-29-31-33(30-26)17-24(34)32(16-20-9-5-13-38-20)25(22-10-6-14-39-22)27(35)28-19-7-3-4-8-19/h6,10-12,14-15,19-20,25H,3-5,7-9,13,16-17H2,1-2H3,(H,28,35). The Morgan fingerprint density at radius 1 is 1.13 bits per heavy atom. The number of aromatic nitrogens is 4. The van der Waals surface area contributed by atoms with Crippen LogP contribution in [0.4, 0.5) is 0 Å². The molecule has 3 aromatic rings. The molecule has 5 rings (SSSR count). The van der Waals surface area contributed by atoms with Gasteiger partial charge in [0.15, 0.2) is 17.5 Å². The molecule has 2 aliphatic rings. The Hall–Kier alpha value is -3.93. The van der Waals surface area contributed by atoms with Crippen LogP contribution < -0.4 is 14.8 Å². The minimum absolute atomic E-state index is 0.0932. The lowest BCUT2D eigenvalue weighted by atomic mass is 10.1. The Kier molecular flexibility index (Phi) is 8.40. The normalized spacial score (nSPS) is 18.2. The molecule has 1 saturated heterocycles. The molecule has 2 aromatic heterocycles. The van der Waals surface area contributed by atoms with Gasteiger partial charge < -0.3 is 28.8 Å². The highest BCUT2D eigenvalue weighted by atomic mass is 16.5. The van der Waals surface area contributed by atoms with E-state index in [1.165, 1.54) is 16.0 Å². The number of hydrogen-bond donors (Lipinski definition) is 1. The van der Waals surface area contributed by atoms with Crippen molar-refractivity contribution in [3.8, 4) is 22.9 Å². The van der Waals surface area contributed by atoms with E-state index < -0.39 is 6.04 Å². The highest BCUT2D eigenvalue weighted by Crippen LogP contribution is 2.31. The molecule has 3 heterocycles. The first-order chi connectivity index (χ1) is 19.1. The van der Waals surface area contributed by atoms with Gasteiger partial charge in [0.05, 0.1) is 26.6 Å². The lowest BCUT2D eigenvalue weighted by molar-refractivity contribution is -0.144. The van der Waals surface area contributed by atoms with Gasteiger partial charge in [-0.05, 0) is 61.2 Å². The predicted octanol–water partition coefficient (Wildman–Crippen LogP) is 2.76. The molecule has 1 aromatic carbocycles. The lowest BCUT2D eigenvalue weighted by Gasteiger charge is -2.32. The third kappa shape index (κ3) is 6.22. The summed E-state index contributed by atoms with van der Waals surface area (Å²) in [4.78, 5) is 30.1. The number of rotatable bonds is 11. The average molecular weight is 539 g/mol. The van der Waals surface area contributed by atoms with E-state index in [4.69, 9.17) is 18.6 Å². The predicted molar refractivity (Wildman–Crippen MR) is 139 cm³/mol. The molecule has 12 nitrogen and oxygen atoms in total. The Morgan fingerprint density at radius 2 is 1.95 bits per heavy atom. The quantitative estimate of drug-likeness (QED) is 0.391. The minimum atomic E-state index is -0.939. The fraction of sp³-hybridized carbons (Fsp3) is 0.519. The van der Waals surface area contributed by atoms with Crippen LogP contribution in [0.5, 0.6) is 11.5 Å². The van der Waals surface area contributed by atoms with Crippen molar-refractivity contribution in [1.82, 2.24) is 30.4 Å². The topological polar surface area (TPSA) is 134 Å². The maximum absolute atomic E-state index is 13.8. The zero-order chi connectivity index (χ0) is 27.2. The minimum Gasteiger partial charge on any atom is -0.493 e. The Morgan fingerprint density at radius 3 is 2.64 bits per heavy atom. The molecule has 1 aliphatic heterocycles. The number of nitrogens with zero attached hydrogens (tertiary/aromatic N) is 5. The van der Waals surface area contributed by atoms with E-state index in [-0.39, 0.29) is 37.0 Å². The Bertz CT molecular complexity index is 1250. The lowest BCUT2D eigenvalue weighted by Crippen LogP contribution is -2.49. The Balaban J connectivity index is 1.38. The second-order valence-corrected chi connectivity index (χ2v) is 9.80. The molecule has 208 valence electrons. The molecule has 2 atom stereocenters. The van der Waals surface area contributed by atoms with Crippen molar-refractivity contribution in [2.75, 3.05) is 27.4 Å². The van der Waals surface area contributed by atoms with E-state index >= 15 is 0 Å². The van der Waals surface area contributed by atoms with E-state index in [9.17, 15) is 9.59 Å². The number of carbonyl (C=O) groups excluding carboxylic acids is 2. The van der Waals surface area contributed by atoms with E-state index in [1.54, 1.807) is 44.6 Å². The van der Waals surface area contributed by atoms with Crippen molar-refractivity contribution in [3.05, 3.63) is 42.4 Å². The molecule has 0 bridgehead atoms. The van der Waals surface area contributed by atoms with Crippen molar-refractivity contribution in [3.63, 3.8) is 0 Å². The van der Waals surface area contributed by atoms with Crippen LogP contribution in [0.3, 0.4) is 0 Å². The zero-order valence-corrected chi connectivity index (χ0v) is 22.2. The van der Waals surface area contributed by atoms with Gasteiger partial charge in [0.25, 0.3) is 5.91 Å². The number of amides is 2.